The molecule has 0 fully saturated rings. The molecule has 0 aliphatic carbocycles. The minimum Gasteiger partial charge on any atom is -0.510 e. The number of rotatable bonds is 4. The molecule has 0 bridgehead atoms. The molecule has 6 nitrogen and oxygen atoms in total. The molecule has 6 aromatic rings. The summed E-state index contributed by atoms with van der Waals surface area (Å²) in [5.41, 5.74) is 6.35. The van der Waals surface area contributed by atoms with Gasteiger partial charge in [0.15, 0.2) is 0 Å². The summed E-state index contributed by atoms with van der Waals surface area (Å²) >= 11 is 0. The van der Waals surface area contributed by atoms with Crippen molar-refractivity contribution in [2.45, 2.75) is 6.92 Å². The quantitative estimate of drug-likeness (QED) is 0.174. The van der Waals surface area contributed by atoms with Gasteiger partial charge in [0.2, 0.25) is 0 Å². The summed E-state index contributed by atoms with van der Waals surface area (Å²) in [6.45, 7) is 11.7. The number of ether oxygens (including phenoxy) is 1. The summed E-state index contributed by atoms with van der Waals surface area (Å²) in [5, 5.41) is 2.18. The van der Waals surface area contributed by atoms with Gasteiger partial charge in [-0.1, -0.05) is 35.8 Å². The van der Waals surface area contributed by atoms with Crippen LogP contribution in [0.25, 0.3) is 32.5 Å². The summed E-state index contributed by atoms with van der Waals surface area (Å²) < 4.78 is 8.42. The Hall–Kier alpha value is -4.59. The van der Waals surface area contributed by atoms with Crippen LogP contribution in [0.5, 0.6) is 11.5 Å². The van der Waals surface area contributed by atoms with Crippen LogP contribution in [0.1, 0.15) is 5.56 Å². The van der Waals surface area contributed by atoms with Crippen LogP contribution < -0.4 is 14.5 Å². The number of nitrogens with zero attached hydrogens (tertiary/aromatic N) is 5. The Morgan fingerprint density at radius 2 is 1.68 bits per heavy atom. The number of hydrogen-bond acceptors (Lipinski definition) is 4. The van der Waals surface area contributed by atoms with Crippen LogP contribution in [0.4, 0.5) is 22.7 Å². The third-order valence-electron chi connectivity index (χ3n) is 6.92. The fraction of sp³-hybridized carbons (Fsp3) is 0.0606. The van der Waals surface area contributed by atoms with Crippen LogP contribution in [0, 0.1) is 32.3 Å². The molecule has 198 valence electrons. The van der Waals surface area contributed by atoms with Crippen molar-refractivity contribution >= 4 is 44.6 Å². The van der Waals surface area contributed by atoms with Crippen LogP contribution in [-0.4, -0.2) is 16.6 Å². The van der Waals surface area contributed by atoms with Crippen molar-refractivity contribution in [2.24, 2.45) is 0 Å². The minimum absolute atomic E-state index is 0. The van der Waals surface area contributed by atoms with Crippen LogP contribution in [-0.2, 0) is 21.1 Å². The third kappa shape index (κ3) is 4.29. The summed E-state index contributed by atoms with van der Waals surface area (Å²) in [6, 6.07) is 34.8. The van der Waals surface area contributed by atoms with Crippen molar-refractivity contribution in [3.05, 3.63) is 127 Å². The van der Waals surface area contributed by atoms with Gasteiger partial charge in [0.05, 0.1) is 12.3 Å². The molecule has 2 aromatic heterocycles. The van der Waals surface area contributed by atoms with Crippen molar-refractivity contribution in [3.63, 3.8) is 0 Å². The molecule has 0 spiro atoms. The molecule has 7 rings (SSSR count). The van der Waals surface area contributed by atoms with Gasteiger partial charge in [-0.3, -0.25) is 4.85 Å². The zero-order valence-corrected chi connectivity index (χ0v) is 24.0. The van der Waals surface area contributed by atoms with E-state index in [-0.39, 0.29) is 21.1 Å². The fourth-order valence-electron chi connectivity index (χ4n) is 5.15. The Kier molecular flexibility index (Phi) is 6.54. The van der Waals surface area contributed by atoms with Crippen molar-refractivity contribution in [1.82, 2.24) is 9.55 Å². The number of aromatic nitrogens is 2. The maximum absolute atomic E-state index is 7.68. The number of pyridine rings is 1. The monoisotopic (exact) mass is 699 g/mol. The first-order valence-electron chi connectivity index (χ1n) is 12.6. The molecule has 1 aliphatic rings. The second-order valence-corrected chi connectivity index (χ2v) is 9.52. The number of anilines is 3. The van der Waals surface area contributed by atoms with Gasteiger partial charge >= 0.3 is 0 Å². The van der Waals surface area contributed by atoms with Crippen LogP contribution in [0.2, 0.25) is 0 Å². The van der Waals surface area contributed by atoms with Gasteiger partial charge < -0.3 is 19.1 Å². The number of fused-ring (bicyclic) bond motifs is 4. The zero-order valence-electron chi connectivity index (χ0n) is 21.7. The van der Waals surface area contributed by atoms with E-state index in [1.165, 1.54) is 0 Å². The first-order valence-corrected chi connectivity index (χ1v) is 12.6. The molecular formula is C33H22N5OPt-3. The topological polar surface area (TPSA) is 37.9 Å². The number of hydrogen-bond donors (Lipinski definition) is 0. The van der Waals surface area contributed by atoms with Crippen molar-refractivity contribution < 1.29 is 25.8 Å². The second kappa shape index (κ2) is 10.2. The Morgan fingerprint density at radius 1 is 0.875 bits per heavy atom. The molecule has 40 heavy (non-hydrogen) atoms. The molecule has 0 N–H and O–H groups in total. The van der Waals surface area contributed by atoms with E-state index in [9.17, 15) is 0 Å². The van der Waals surface area contributed by atoms with Gasteiger partial charge in [-0.25, -0.2) is 4.98 Å². The van der Waals surface area contributed by atoms with Gasteiger partial charge in [0.1, 0.15) is 5.82 Å². The molecule has 0 radical (unpaired) electrons. The van der Waals surface area contributed by atoms with E-state index < -0.39 is 0 Å². The van der Waals surface area contributed by atoms with Gasteiger partial charge in [-0.2, -0.15) is 12.7 Å². The molecule has 0 unspecified atom stereocenters. The van der Waals surface area contributed by atoms with E-state index >= 15 is 0 Å². The first kappa shape index (κ1) is 25.7. The molecule has 1 aliphatic heterocycles. The summed E-state index contributed by atoms with van der Waals surface area (Å²) in [4.78, 5) is 12.4. The number of aryl methyl sites for hydroxylation is 1. The molecule has 0 amide bonds. The molecule has 3 heterocycles. The number of para-hydroxylation sites is 3. The Morgan fingerprint density at radius 3 is 2.50 bits per heavy atom. The molecule has 0 saturated heterocycles. The van der Waals surface area contributed by atoms with E-state index in [2.05, 4.69) is 63.8 Å². The van der Waals surface area contributed by atoms with E-state index in [0.717, 1.165) is 50.2 Å². The summed E-state index contributed by atoms with van der Waals surface area (Å²) in [6.07, 6.45) is 1.82. The normalized spacial score (nSPS) is 12.3. The average molecular weight is 700 g/mol. The minimum atomic E-state index is 0. The largest absolute Gasteiger partial charge is 0.510 e. The molecule has 7 heteroatoms. The SMILES string of the molecule is [C-]#[N+]c1cc(Oc2[c-]c3c(cc2)c2ccccc2n3-c2cc(C)ccn2)[c-]c(N2[CH-]N(C)c3ccccc32)c1.[Pt]. The Labute approximate surface area is 247 Å². The molecule has 0 saturated carbocycles. The predicted molar refractivity (Wildman–Crippen MR) is 155 cm³/mol. The van der Waals surface area contributed by atoms with Crippen LogP contribution in [0.15, 0.2) is 91.1 Å². The van der Waals surface area contributed by atoms with Crippen molar-refractivity contribution in [2.75, 3.05) is 16.8 Å². The van der Waals surface area contributed by atoms with Crippen LogP contribution >= 0.6 is 0 Å². The third-order valence-corrected chi connectivity index (χ3v) is 6.92. The van der Waals surface area contributed by atoms with Crippen molar-refractivity contribution in [3.8, 4) is 17.3 Å². The van der Waals surface area contributed by atoms with Gasteiger partial charge in [0, 0.05) is 55.7 Å². The van der Waals surface area contributed by atoms with E-state index in [1.807, 2.05) is 78.2 Å². The standard InChI is InChI=1S/C33H22N5O.Pt/c1-22-14-15-35-33(16-22)38-29-9-5-4-8-27(29)28-13-12-25(20-32(28)38)39-26-18-23(34-2)17-24(19-26)37-21-36(3)30-10-6-7-11-31(30)37;/h4-18,21H,1,3H3;/q-3;. The predicted octanol–water partition coefficient (Wildman–Crippen LogP) is 8.14. The van der Waals surface area contributed by atoms with E-state index in [0.29, 0.717) is 17.2 Å². The van der Waals surface area contributed by atoms with E-state index in [4.69, 9.17) is 11.3 Å². The smallest absolute Gasteiger partial charge is 0.135 e. The summed E-state index contributed by atoms with van der Waals surface area (Å²) in [7, 11) is 2.00. The maximum Gasteiger partial charge on any atom is 0.135 e. The van der Waals surface area contributed by atoms with Gasteiger partial charge in [-0.05, 0) is 55.3 Å². The van der Waals surface area contributed by atoms with Crippen LogP contribution in [0.3, 0.4) is 0 Å². The second-order valence-electron chi connectivity index (χ2n) is 9.52. The van der Waals surface area contributed by atoms with Crippen molar-refractivity contribution in [1.29, 1.82) is 0 Å². The maximum atomic E-state index is 7.68. The van der Waals surface area contributed by atoms with E-state index in [1.54, 1.807) is 6.07 Å². The molecule has 4 aromatic carbocycles. The first-order chi connectivity index (χ1) is 19.1. The Balaban J connectivity index is 0.00000289. The van der Waals surface area contributed by atoms with Gasteiger partial charge in [-0.15, -0.1) is 41.4 Å². The summed E-state index contributed by atoms with van der Waals surface area (Å²) in [5.74, 6) is 1.81. The molecular weight excluding hydrogens is 677 g/mol. The zero-order chi connectivity index (χ0) is 26.5. The molecule has 0 atom stereocenters. The Bertz CT molecular complexity index is 1940. The average Bonchev–Trinajstić information content (AvgIpc) is 3.47. The fourth-order valence-corrected chi connectivity index (χ4v) is 5.15. The van der Waals surface area contributed by atoms with Gasteiger partial charge in [0.25, 0.3) is 0 Å². The number of benzene rings is 4.